The molecule has 0 aromatic rings. The molecule has 0 nitrogen and oxygen atoms in total. The van der Waals surface area contributed by atoms with Gasteiger partial charge >= 0.3 is 0 Å². The van der Waals surface area contributed by atoms with Crippen LogP contribution >= 0.6 is 0 Å². The van der Waals surface area contributed by atoms with Crippen LogP contribution in [0, 0.1) is 0 Å². The van der Waals surface area contributed by atoms with Crippen LogP contribution in [-0.4, -0.2) is 48.9 Å². The Balaban J connectivity index is 0.000000167. The molecule has 54 valence electrons. The Labute approximate surface area is 109 Å². The van der Waals surface area contributed by atoms with E-state index in [1.807, 2.05) is 0 Å². The van der Waals surface area contributed by atoms with E-state index in [-0.39, 0.29) is 48.9 Å². The minimum absolute atomic E-state index is 0. The first kappa shape index (κ1) is 11.5. The molecule has 2 aliphatic rings. The van der Waals surface area contributed by atoms with Gasteiger partial charge in [0.1, 0.15) is 0 Å². The van der Waals surface area contributed by atoms with Gasteiger partial charge in [-0.05, 0) is 12.8 Å². The molecule has 0 aliphatic heterocycles. The fourth-order valence-electron chi connectivity index (χ4n) is 0.786. The minimum atomic E-state index is 0. The summed E-state index contributed by atoms with van der Waals surface area (Å²) in [6.07, 6.45) is 19.0. The average Bonchev–Trinajstić information content (AvgIpc) is 2.67. The molecule has 1 heteroatoms. The molecule has 0 N–H and O–H groups in total. The molecule has 2 aliphatic carbocycles. The standard InChI is InChI=1S/2C5H6.Ba/c2*1-2-4-5-3-1;/h2*1-4H,5H2;. The van der Waals surface area contributed by atoms with Crippen LogP contribution in [0.1, 0.15) is 12.8 Å². The van der Waals surface area contributed by atoms with Crippen LogP contribution in [0.5, 0.6) is 0 Å². The maximum atomic E-state index is 2.12. The smallest absolute Gasteiger partial charge is 0 e. The van der Waals surface area contributed by atoms with Gasteiger partial charge in [0.2, 0.25) is 0 Å². The second kappa shape index (κ2) is 8.63. The number of hydrogen-bond acceptors (Lipinski definition) is 0. The van der Waals surface area contributed by atoms with E-state index in [4.69, 9.17) is 0 Å². The molecule has 0 aromatic carbocycles. The molecule has 2 radical (unpaired) electrons. The van der Waals surface area contributed by atoms with E-state index in [0.29, 0.717) is 0 Å². The van der Waals surface area contributed by atoms with Gasteiger partial charge in [-0.2, -0.15) is 0 Å². The van der Waals surface area contributed by atoms with Gasteiger partial charge in [0.15, 0.2) is 0 Å². The largest absolute Gasteiger partial charge is 0.0808 e. The Morgan fingerprint density at radius 1 is 0.545 bits per heavy atom. The molecule has 2 rings (SSSR count). The zero-order chi connectivity index (χ0) is 7.07. The van der Waals surface area contributed by atoms with Gasteiger partial charge in [-0.3, -0.25) is 0 Å². The van der Waals surface area contributed by atoms with Gasteiger partial charge in [0.05, 0.1) is 0 Å². The van der Waals surface area contributed by atoms with Crippen LogP contribution in [0.3, 0.4) is 0 Å². The molecule has 11 heavy (non-hydrogen) atoms. The van der Waals surface area contributed by atoms with Crippen LogP contribution in [0.2, 0.25) is 0 Å². The molecule has 0 aromatic heterocycles. The van der Waals surface area contributed by atoms with Crippen molar-refractivity contribution in [3.63, 3.8) is 0 Å². The third-order valence-corrected chi connectivity index (χ3v) is 1.31. The van der Waals surface area contributed by atoms with Crippen LogP contribution < -0.4 is 0 Å². The van der Waals surface area contributed by atoms with Crippen LogP contribution in [0.4, 0.5) is 0 Å². The molecular weight excluding hydrogens is 257 g/mol. The van der Waals surface area contributed by atoms with Crippen molar-refractivity contribution in [3.8, 4) is 0 Å². The van der Waals surface area contributed by atoms with Crippen molar-refractivity contribution in [2.24, 2.45) is 0 Å². The quantitative estimate of drug-likeness (QED) is 0.593. The summed E-state index contributed by atoms with van der Waals surface area (Å²) in [5, 5.41) is 0. The molecule has 0 heterocycles. The van der Waals surface area contributed by atoms with E-state index in [1.54, 1.807) is 0 Å². The molecule has 0 saturated heterocycles. The molecule has 0 spiro atoms. The summed E-state index contributed by atoms with van der Waals surface area (Å²) in [6, 6.07) is 0. The summed E-state index contributed by atoms with van der Waals surface area (Å²) < 4.78 is 0. The normalized spacial score (nSPS) is 16.0. The number of hydrogen-bond donors (Lipinski definition) is 0. The summed E-state index contributed by atoms with van der Waals surface area (Å²) in [6.45, 7) is 0. The van der Waals surface area contributed by atoms with Crippen molar-refractivity contribution in [2.45, 2.75) is 12.8 Å². The summed E-state index contributed by atoms with van der Waals surface area (Å²) in [4.78, 5) is 0. The van der Waals surface area contributed by atoms with Gasteiger partial charge in [-0.15, -0.1) is 0 Å². The summed E-state index contributed by atoms with van der Waals surface area (Å²) in [5.74, 6) is 0. The third kappa shape index (κ3) is 6.91. The first-order valence-corrected chi connectivity index (χ1v) is 3.63. The van der Waals surface area contributed by atoms with Crippen molar-refractivity contribution in [2.75, 3.05) is 0 Å². The second-order valence-corrected chi connectivity index (χ2v) is 2.18. The first-order valence-electron chi connectivity index (χ1n) is 3.63. The average molecular weight is 270 g/mol. The fraction of sp³-hybridized carbons (Fsp3) is 0.200. The second-order valence-electron chi connectivity index (χ2n) is 2.18. The molecule has 0 bridgehead atoms. The maximum absolute atomic E-state index is 2.12. The third-order valence-electron chi connectivity index (χ3n) is 1.31. The van der Waals surface area contributed by atoms with E-state index in [0.717, 1.165) is 12.8 Å². The van der Waals surface area contributed by atoms with Gasteiger partial charge in [-0.1, -0.05) is 48.6 Å². The SMILES string of the molecule is C1=CCC=C1.C1=CCC=C1.[Ba]. The van der Waals surface area contributed by atoms with E-state index in [1.165, 1.54) is 0 Å². The maximum Gasteiger partial charge on any atom is 0 e. The van der Waals surface area contributed by atoms with Crippen molar-refractivity contribution < 1.29 is 0 Å². The topological polar surface area (TPSA) is 0 Å². The van der Waals surface area contributed by atoms with Gasteiger partial charge in [-0.25, -0.2) is 0 Å². The van der Waals surface area contributed by atoms with E-state index >= 15 is 0 Å². The molecule has 0 fully saturated rings. The van der Waals surface area contributed by atoms with Gasteiger partial charge in [0.25, 0.3) is 0 Å². The van der Waals surface area contributed by atoms with Crippen molar-refractivity contribution >= 4 is 48.9 Å². The van der Waals surface area contributed by atoms with Crippen LogP contribution in [-0.2, 0) is 0 Å². The summed E-state index contributed by atoms with van der Waals surface area (Å²) in [7, 11) is 0. The van der Waals surface area contributed by atoms with Crippen LogP contribution in [0.25, 0.3) is 0 Å². The Bertz CT molecular complexity index is 143. The monoisotopic (exact) mass is 270 g/mol. The van der Waals surface area contributed by atoms with Crippen LogP contribution in [0.15, 0.2) is 48.6 Å². The van der Waals surface area contributed by atoms with E-state index in [2.05, 4.69) is 48.6 Å². The Morgan fingerprint density at radius 2 is 0.818 bits per heavy atom. The number of rotatable bonds is 0. The predicted octanol–water partition coefficient (Wildman–Crippen LogP) is 2.62. The zero-order valence-electron chi connectivity index (χ0n) is 6.74. The van der Waals surface area contributed by atoms with Gasteiger partial charge in [0, 0.05) is 48.9 Å². The summed E-state index contributed by atoms with van der Waals surface area (Å²) in [5.41, 5.74) is 0. The molecule has 0 saturated carbocycles. The molecule has 0 unspecified atom stereocenters. The fourth-order valence-corrected chi connectivity index (χ4v) is 0.786. The minimum Gasteiger partial charge on any atom is -0.0808 e. The van der Waals surface area contributed by atoms with Crippen molar-refractivity contribution in [3.05, 3.63) is 48.6 Å². The Morgan fingerprint density at radius 3 is 0.909 bits per heavy atom. The van der Waals surface area contributed by atoms with Crippen molar-refractivity contribution in [1.82, 2.24) is 0 Å². The molecular formula is C10H12Ba. The summed E-state index contributed by atoms with van der Waals surface area (Å²) >= 11 is 0. The first-order chi connectivity index (χ1) is 5.00. The number of allylic oxidation sites excluding steroid dienone is 8. The Kier molecular flexibility index (Phi) is 9.04. The van der Waals surface area contributed by atoms with E-state index in [9.17, 15) is 0 Å². The van der Waals surface area contributed by atoms with Gasteiger partial charge < -0.3 is 0 Å². The predicted molar refractivity (Wildman–Crippen MR) is 51.5 cm³/mol. The Hall–Kier alpha value is 0.531. The molecule has 0 amide bonds. The zero-order valence-corrected chi connectivity index (χ0v) is 11.2. The van der Waals surface area contributed by atoms with E-state index < -0.39 is 0 Å². The molecule has 0 atom stereocenters. The van der Waals surface area contributed by atoms with Crippen molar-refractivity contribution in [1.29, 1.82) is 0 Å².